The molecule has 0 aliphatic heterocycles. The van der Waals surface area contributed by atoms with E-state index in [1.807, 2.05) is 6.92 Å². The van der Waals surface area contributed by atoms with E-state index in [0.717, 1.165) is 12.8 Å². The van der Waals surface area contributed by atoms with Crippen LogP contribution in [0.2, 0.25) is 0 Å². The molecule has 0 fully saturated rings. The predicted octanol–water partition coefficient (Wildman–Crippen LogP) is 2.69. The lowest BCUT2D eigenvalue weighted by molar-refractivity contribution is -0.145. The van der Waals surface area contributed by atoms with Gasteiger partial charge in [0.2, 0.25) is 0 Å². The minimum atomic E-state index is -0.546. The summed E-state index contributed by atoms with van der Waals surface area (Å²) in [7, 11) is 1.62. The number of unbranched alkanes of at least 4 members (excludes halogenated alkanes) is 1. The van der Waals surface area contributed by atoms with Crippen LogP contribution in [0.5, 0.6) is 0 Å². The van der Waals surface area contributed by atoms with Gasteiger partial charge in [-0.3, -0.25) is 19.1 Å². The van der Waals surface area contributed by atoms with Gasteiger partial charge in [0.1, 0.15) is 18.2 Å². The second kappa shape index (κ2) is 9.86. The van der Waals surface area contributed by atoms with Crippen molar-refractivity contribution < 1.29 is 18.3 Å². The second-order valence-electron chi connectivity index (χ2n) is 7.78. The van der Waals surface area contributed by atoms with E-state index >= 15 is 0 Å². The van der Waals surface area contributed by atoms with Crippen molar-refractivity contribution in [1.29, 1.82) is 0 Å². The van der Waals surface area contributed by atoms with Crippen molar-refractivity contribution in [2.75, 3.05) is 0 Å². The van der Waals surface area contributed by atoms with Crippen molar-refractivity contribution in [2.45, 2.75) is 45.8 Å². The molecule has 34 heavy (non-hydrogen) atoms. The molecule has 4 rings (SSSR count). The number of halogens is 1. The van der Waals surface area contributed by atoms with Gasteiger partial charge in [-0.2, -0.15) is 0 Å². The van der Waals surface area contributed by atoms with Gasteiger partial charge < -0.3 is 13.7 Å². The van der Waals surface area contributed by atoms with Gasteiger partial charge in [-0.25, -0.2) is 19.2 Å². The quantitative estimate of drug-likeness (QED) is 0.374. The maximum absolute atomic E-state index is 13.9. The smallest absolute Gasteiger partial charge is 0.330 e. The fraction of sp³-hybridized carbons (Fsp3) is 0.348. The monoisotopic (exact) mass is 469 g/mol. The number of fused-ring (bicyclic) bond motifs is 1. The number of nitrogens with one attached hydrogen (secondary N) is 1. The number of nitrogens with zero attached hydrogens (tertiary/aromatic N) is 4. The standard InChI is InChI=1S/C23H24FN5O5/c1-3-4-11-29-21-20(22(31)27-23(29)32)28(2)17(26-21)13-33-19(30)10-9-18-25-12-16(34-18)14-7-5-6-8-15(14)24/h5-8,12H,3-4,9-11,13H2,1-2H3,(H,27,31,32). The molecule has 0 aliphatic rings. The highest BCUT2D eigenvalue weighted by atomic mass is 19.1. The van der Waals surface area contributed by atoms with E-state index in [1.54, 1.807) is 25.2 Å². The molecular formula is C23H24FN5O5. The number of hydrogen-bond donors (Lipinski definition) is 1. The van der Waals surface area contributed by atoms with Gasteiger partial charge >= 0.3 is 11.7 Å². The van der Waals surface area contributed by atoms with Crippen LogP contribution in [0.1, 0.15) is 37.9 Å². The summed E-state index contributed by atoms with van der Waals surface area (Å²) in [5.74, 6) is -0.0476. The van der Waals surface area contributed by atoms with Gasteiger partial charge in [-0.1, -0.05) is 25.5 Å². The number of aromatic nitrogens is 5. The Morgan fingerprint density at radius 2 is 2.06 bits per heavy atom. The number of ether oxygens (including phenoxy) is 1. The SMILES string of the molecule is CCCCn1c(=O)[nH]c(=O)c2c1nc(COC(=O)CCc1ncc(-c3ccccc3F)o1)n2C. The number of rotatable bonds is 9. The predicted molar refractivity (Wildman–Crippen MR) is 121 cm³/mol. The molecule has 0 amide bonds. The van der Waals surface area contributed by atoms with Gasteiger partial charge in [-0.05, 0) is 18.6 Å². The molecule has 11 heteroatoms. The molecule has 3 aromatic heterocycles. The average molecular weight is 469 g/mol. The van der Waals surface area contributed by atoms with E-state index in [1.165, 1.54) is 21.4 Å². The third-order valence-electron chi connectivity index (χ3n) is 5.44. The number of aryl methyl sites for hydroxylation is 3. The van der Waals surface area contributed by atoms with Crippen LogP contribution in [0.15, 0.2) is 44.5 Å². The van der Waals surface area contributed by atoms with Crippen LogP contribution < -0.4 is 11.2 Å². The summed E-state index contributed by atoms with van der Waals surface area (Å²) < 4.78 is 27.7. The maximum atomic E-state index is 13.9. The molecule has 4 aromatic rings. The number of carbonyl (C=O) groups is 1. The van der Waals surface area contributed by atoms with Crippen LogP contribution in [0.3, 0.4) is 0 Å². The Morgan fingerprint density at radius 1 is 1.26 bits per heavy atom. The van der Waals surface area contributed by atoms with Gasteiger partial charge in [0.25, 0.3) is 5.56 Å². The number of imidazole rings is 1. The Labute approximate surface area is 193 Å². The van der Waals surface area contributed by atoms with Crippen molar-refractivity contribution in [1.82, 2.24) is 24.1 Å². The molecule has 3 heterocycles. The lowest BCUT2D eigenvalue weighted by Gasteiger charge is -2.05. The lowest BCUT2D eigenvalue weighted by atomic mass is 10.2. The number of aromatic amines is 1. The van der Waals surface area contributed by atoms with E-state index in [4.69, 9.17) is 9.15 Å². The second-order valence-corrected chi connectivity index (χ2v) is 7.78. The van der Waals surface area contributed by atoms with Crippen molar-refractivity contribution in [3.8, 4) is 11.3 Å². The van der Waals surface area contributed by atoms with Crippen molar-refractivity contribution in [3.05, 3.63) is 68.8 Å². The van der Waals surface area contributed by atoms with Crippen LogP contribution in [-0.4, -0.2) is 30.1 Å². The van der Waals surface area contributed by atoms with Crippen LogP contribution in [-0.2, 0) is 36.2 Å². The number of esters is 1. The van der Waals surface area contributed by atoms with Crippen molar-refractivity contribution >= 4 is 17.1 Å². The van der Waals surface area contributed by atoms with E-state index < -0.39 is 23.0 Å². The van der Waals surface area contributed by atoms with E-state index in [-0.39, 0.29) is 47.8 Å². The Kier molecular flexibility index (Phi) is 6.71. The van der Waals surface area contributed by atoms with Gasteiger partial charge in [0.15, 0.2) is 22.8 Å². The summed E-state index contributed by atoms with van der Waals surface area (Å²) in [6.45, 7) is 2.25. The fourth-order valence-electron chi connectivity index (χ4n) is 3.58. The summed E-state index contributed by atoms with van der Waals surface area (Å²) in [4.78, 5) is 47.6. The summed E-state index contributed by atoms with van der Waals surface area (Å²) in [6.07, 6.45) is 3.20. The largest absolute Gasteiger partial charge is 0.457 e. The number of carbonyl (C=O) groups excluding carboxylic acids is 1. The summed E-state index contributed by atoms with van der Waals surface area (Å²) >= 11 is 0. The highest BCUT2D eigenvalue weighted by Gasteiger charge is 2.18. The average Bonchev–Trinajstić information content (AvgIpc) is 3.41. The van der Waals surface area contributed by atoms with E-state index in [0.29, 0.717) is 12.4 Å². The summed E-state index contributed by atoms with van der Waals surface area (Å²) in [6, 6.07) is 6.18. The topological polar surface area (TPSA) is 125 Å². The molecule has 0 spiro atoms. The zero-order valence-corrected chi connectivity index (χ0v) is 18.8. The normalized spacial score (nSPS) is 11.3. The molecule has 0 saturated heterocycles. The minimum Gasteiger partial charge on any atom is -0.457 e. The molecule has 1 N–H and O–H groups in total. The molecule has 0 bridgehead atoms. The third-order valence-corrected chi connectivity index (χ3v) is 5.44. The summed E-state index contributed by atoms with van der Waals surface area (Å²) in [5.41, 5.74) is -0.278. The molecule has 178 valence electrons. The molecule has 0 aliphatic carbocycles. The first-order valence-corrected chi connectivity index (χ1v) is 10.9. The molecule has 10 nitrogen and oxygen atoms in total. The molecule has 0 saturated carbocycles. The first kappa shape index (κ1) is 23.1. The van der Waals surface area contributed by atoms with Gasteiger partial charge in [-0.15, -0.1) is 0 Å². The Hall–Kier alpha value is -4.02. The lowest BCUT2D eigenvalue weighted by Crippen LogP contribution is -2.31. The number of H-pyrrole nitrogens is 1. The Bertz CT molecular complexity index is 1450. The van der Waals surface area contributed by atoms with Gasteiger partial charge in [0, 0.05) is 20.0 Å². The highest BCUT2D eigenvalue weighted by Crippen LogP contribution is 2.23. The Balaban J connectivity index is 1.41. The molecule has 0 unspecified atom stereocenters. The zero-order chi connectivity index (χ0) is 24.2. The zero-order valence-electron chi connectivity index (χ0n) is 18.8. The van der Waals surface area contributed by atoms with Crippen LogP contribution in [0, 0.1) is 5.82 Å². The number of hydrogen-bond acceptors (Lipinski definition) is 7. The molecular weight excluding hydrogens is 445 g/mol. The Morgan fingerprint density at radius 3 is 2.82 bits per heavy atom. The van der Waals surface area contributed by atoms with Crippen LogP contribution in [0.25, 0.3) is 22.5 Å². The summed E-state index contributed by atoms with van der Waals surface area (Å²) in [5, 5.41) is 0. The van der Waals surface area contributed by atoms with E-state index in [2.05, 4.69) is 15.0 Å². The fourth-order valence-corrected chi connectivity index (χ4v) is 3.58. The number of benzene rings is 1. The van der Waals surface area contributed by atoms with Crippen LogP contribution in [0.4, 0.5) is 4.39 Å². The molecule has 0 radical (unpaired) electrons. The molecule has 1 aromatic carbocycles. The van der Waals surface area contributed by atoms with Gasteiger partial charge in [0.05, 0.1) is 18.2 Å². The number of oxazole rings is 1. The van der Waals surface area contributed by atoms with Crippen molar-refractivity contribution in [2.24, 2.45) is 7.05 Å². The van der Waals surface area contributed by atoms with E-state index in [9.17, 15) is 18.8 Å². The van der Waals surface area contributed by atoms with Crippen LogP contribution >= 0.6 is 0 Å². The van der Waals surface area contributed by atoms with Crippen molar-refractivity contribution in [3.63, 3.8) is 0 Å². The first-order chi connectivity index (χ1) is 16.4. The highest BCUT2D eigenvalue weighted by molar-refractivity contribution is 5.71. The minimum absolute atomic E-state index is 0.0110. The maximum Gasteiger partial charge on any atom is 0.330 e. The first-order valence-electron chi connectivity index (χ1n) is 10.9. The molecule has 0 atom stereocenters. The third kappa shape index (κ3) is 4.68.